The molecule has 1 fully saturated rings. The molecule has 1 saturated heterocycles. The molecule has 3 aromatic rings. The van der Waals surface area contributed by atoms with E-state index in [1.165, 1.54) is 22.0 Å². The highest BCUT2D eigenvalue weighted by atomic mass is 35.5. The van der Waals surface area contributed by atoms with Crippen LogP contribution in [0.25, 0.3) is 11.4 Å². The molecule has 1 amide bonds. The molecule has 6 nitrogen and oxygen atoms in total. The fourth-order valence-corrected chi connectivity index (χ4v) is 5.03. The highest BCUT2D eigenvalue weighted by molar-refractivity contribution is 7.99. The predicted molar refractivity (Wildman–Crippen MR) is 126 cm³/mol. The molecule has 1 aliphatic rings. The summed E-state index contributed by atoms with van der Waals surface area (Å²) in [7, 11) is 0. The number of carbonyl (C=O) groups excluding carboxylic acids is 1. The maximum Gasteiger partial charge on any atom is 0.233 e. The number of halogens is 2. The van der Waals surface area contributed by atoms with E-state index in [1.807, 2.05) is 11.0 Å². The van der Waals surface area contributed by atoms with E-state index in [0.29, 0.717) is 32.5 Å². The second-order valence-electron chi connectivity index (χ2n) is 7.60. The Morgan fingerprint density at radius 2 is 1.84 bits per heavy atom. The van der Waals surface area contributed by atoms with Crippen molar-refractivity contribution in [3.05, 3.63) is 64.1 Å². The van der Waals surface area contributed by atoms with Crippen LogP contribution in [0.2, 0.25) is 10.0 Å². The number of hydrogen-bond acceptors (Lipinski definition) is 5. The molecule has 0 saturated carbocycles. The molecule has 2 N–H and O–H groups in total. The number of nitrogens with zero attached hydrogens (tertiary/aromatic N) is 4. The smallest absolute Gasteiger partial charge is 0.233 e. The lowest BCUT2D eigenvalue weighted by molar-refractivity contribution is -0.129. The van der Waals surface area contributed by atoms with E-state index in [2.05, 4.69) is 34.5 Å². The highest BCUT2D eigenvalue weighted by Crippen LogP contribution is 2.30. The maximum atomic E-state index is 12.7. The summed E-state index contributed by atoms with van der Waals surface area (Å²) >= 11 is 13.5. The van der Waals surface area contributed by atoms with Gasteiger partial charge in [-0.05, 0) is 48.9 Å². The van der Waals surface area contributed by atoms with Crippen molar-refractivity contribution in [3.8, 4) is 11.4 Å². The highest BCUT2D eigenvalue weighted by Gasteiger charge is 2.24. The Hall–Kier alpha value is -2.22. The molecule has 0 aliphatic carbocycles. The fraction of sp³-hybridized carbons (Fsp3) is 0.318. The standard InChI is InChI=1S/C22H23Cl2N5OS/c23-17-6-7-18(19(24)13-17)21-26-27-22(29(21)25)31-14-20(30)28-10-8-16(9-11-28)12-15-4-2-1-3-5-15/h1-7,13,16H,8-12,14,25H2. The summed E-state index contributed by atoms with van der Waals surface area (Å²) in [5, 5.41) is 9.69. The maximum absolute atomic E-state index is 12.7. The largest absolute Gasteiger partial charge is 0.342 e. The molecule has 9 heteroatoms. The van der Waals surface area contributed by atoms with Gasteiger partial charge in [-0.25, -0.2) is 4.68 Å². The van der Waals surface area contributed by atoms with Crippen molar-refractivity contribution in [2.75, 3.05) is 24.7 Å². The van der Waals surface area contributed by atoms with Crippen LogP contribution in [0.1, 0.15) is 18.4 Å². The molecule has 2 aromatic carbocycles. The zero-order valence-corrected chi connectivity index (χ0v) is 19.2. The second kappa shape index (κ2) is 9.94. The molecule has 0 spiro atoms. The van der Waals surface area contributed by atoms with Gasteiger partial charge in [0.1, 0.15) is 0 Å². The minimum absolute atomic E-state index is 0.0947. The number of aromatic nitrogens is 3. The third-order valence-corrected chi connectivity index (χ3v) is 6.97. The summed E-state index contributed by atoms with van der Waals surface area (Å²) in [6.45, 7) is 1.58. The first-order chi connectivity index (χ1) is 15.0. The topological polar surface area (TPSA) is 77.0 Å². The Balaban J connectivity index is 1.30. The predicted octanol–water partition coefficient (Wildman–Crippen LogP) is 4.54. The number of piperidine rings is 1. The lowest BCUT2D eigenvalue weighted by atomic mass is 9.90. The Bertz CT molecular complexity index is 1050. The van der Waals surface area contributed by atoms with E-state index in [0.717, 1.165) is 32.4 Å². The number of hydrogen-bond donors (Lipinski definition) is 1. The van der Waals surface area contributed by atoms with Gasteiger partial charge in [0.05, 0.1) is 10.8 Å². The molecular weight excluding hydrogens is 453 g/mol. The van der Waals surface area contributed by atoms with Crippen LogP contribution < -0.4 is 5.84 Å². The van der Waals surface area contributed by atoms with Gasteiger partial charge in [-0.1, -0.05) is 65.3 Å². The molecule has 0 bridgehead atoms. The molecule has 4 rings (SSSR count). The quantitative estimate of drug-likeness (QED) is 0.418. The second-order valence-corrected chi connectivity index (χ2v) is 9.39. The fourth-order valence-electron chi connectivity index (χ4n) is 3.78. The van der Waals surface area contributed by atoms with Crippen LogP contribution in [0.3, 0.4) is 0 Å². The average Bonchev–Trinajstić information content (AvgIpc) is 3.13. The third kappa shape index (κ3) is 5.34. The molecule has 1 aromatic heterocycles. The number of likely N-dealkylation sites (tertiary alicyclic amines) is 1. The van der Waals surface area contributed by atoms with Crippen LogP contribution in [-0.2, 0) is 11.2 Å². The molecule has 0 unspecified atom stereocenters. The number of rotatable bonds is 6. The van der Waals surface area contributed by atoms with Crippen LogP contribution in [0.15, 0.2) is 53.7 Å². The van der Waals surface area contributed by atoms with Gasteiger partial charge in [-0.2, -0.15) is 0 Å². The molecule has 1 aliphatic heterocycles. The van der Waals surface area contributed by atoms with E-state index in [-0.39, 0.29) is 11.7 Å². The first-order valence-corrected chi connectivity index (χ1v) is 11.9. The normalized spacial score (nSPS) is 14.7. The van der Waals surface area contributed by atoms with Gasteiger partial charge in [0.15, 0.2) is 5.82 Å². The summed E-state index contributed by atoms with van der Waals surface area (Å²) in [5.74, 6) is 7.57. The lowest BCUT2D eigenvalue weighted by Crippen LogP contribution is -2.39. The average molecular weight is 476 g/mol. The van der Waals surface area contributed by atoms with Crippen molar-refractivity contribution in [1.82, 2.24) is 19.8 Å². The van der Waals surface area contributed by atoms with Gasteiger partial charge in [-0.15, -0.1) is 10.2 Å². The number of benzene rings is 2. The van der Waals surface area contributed by atoms with Gasteiger partial charge in [-0.3, -0.25) is 4.79 Å². The zero-order chi connectivity index (χ0) is 21.8. The van der Waals surface area contributed by atoms with Crippen molar-refractivity contribution in [3.63, 3.8) is 0 Å². The molecule has 2 heterocycles. The van der Waals surface area contributed by atoms with Crippen molar-refractivity contribution in [2.45, 2.75) is 24.4 Å². The Labute approximate surface area is 195 Å². The third-order valence-electron chi connectivity index (χ3n) is 5.50. The van der Waals surface area contributed by atoms with Crippen LogP contribution in [-0.4, -0.2) is 44.5 Å². The first kappa shape index (κ1) is 22.0. The molecule has 0 atom stereocenters. The van der Waals surface area contributed by atoms with Crippen molar-refractivity contribution in [2.24, 2.45) is 5.92 Å². The summed E-state index contributed by atoms with van der Waals surface area (Å²) in [6.07, 6.45) is 3.12. The number of thioether (sulfide) groups is 1. The minimum atomic E-state index is 0.0947. The summed E-state index contributed by atoms with van der Waals surface area (Å²) in [5.41, 5.74) is 2.00. The number of carbonyl (C=O) groups is 1. The van der Waals surface area contributed by atoms with E-state index in [4.69, 9.17) is 29.0 Å². The molecule has 162 valence electrons. The van der Waals surface area contributed by atoms with E-state index in [1.54, 1.807) is 18.2 Å². The summed E-state index contributed by atoms with van der Waals surface area (Å²) in [4.78, 5) is 14.6. The van der Waals surface area contributed by atoms with Gasteiger partial charge < -0.3 is 10.7 Å². The van der Waals surface area contributed by atoms with Crippen molar-refractivity contribution in [1.29, 1.82) is 0 Å². The van der Waals surface area contributed by atoms with Crippen LogP contribution in [0, 0.1) is 5.92 Å². The van der Waals surface area contributed by atoms with Crippen LogP contribution in [0.4, 0.5) is 0 Å². The monoisotopic (exact) mass is 475 g/mol. The Morgan fingerprint density at radius 3 is 2.55 bits per heavy atom. The van der Waals surface area contributed by atoms with E-state index >= 15 is 0 Å². The van der Waals surface area contributed by atoms with Gasteiger partial charge >= 0.3 is 0 Å². The zero-order valence-electron chi connectivity index (χ0n) is 16.9. The van der Waals surface area contributed by atoms with Gasteiger partial charge in [0, 0.05) is 23.7 Å². The van der Waals surface area contributed by atoms with Crippen LogP contribution in [0.5, 0.6) is 0 Å². The molecule has 31 heavy (non-hydrogen) atoms. The molecule has 0 radical (unpaired) electrons. The van der Waals surface area contributed by atoms with Gasteiger partial charge in [0.25, 0.3) is 0 Å². The Morgan fingerprint density at radius 1 is 1.10 bits per heavy atom. The first-order valence-electron chi connectivity index (χ1n) is 10.1. The summed E-state index contributed by atoms with van der Waals surface area (Å²) in [6, 6.07) is 15.6. The minimum Gasteiger partial charge on any atom is -0.342 e. The van der Waals surface area contributed by atoms with Gasteiger partial charge in [0.2, 0.25) is 11.1 Å². The van der Waals surface area contributed by atoms with Crippen molar-refractivity contribution < 1.29 is 4.79 Å². The van der Waals surface area contributed by atoms with Crippen LogP contribution >= 0.6 is 35.0 Å². The lowest BCUT2D eigenvalue weighted by Gasteiger charge is -2.32. The van der Waals surface area contributed by atoms with E-state index < -0.39 is 0 Å². The number of nitrogen functional groups attached to an aromatic ring is 1. The number of amides is 1. The molecular formula is C22H23Cl2N5OS. The summed E-state index contributed by atoms with van der Waals surface area (Å²) < 4.78 is 1.36. The SMILES string of the molecule is Nn1c(SCC(=O)N2CCC(Cc3ccccc3)CC2)nnc1-c1ccc(Cl)cc1Cl. The van der Waals surface area contributed by atoms with Crippen molar-refractivity contribution >= 4 is 40.9 Å². The number of nitrogens with two attached hydrogens (primary N) is 1. The Kier molecular flexibility index (Phi) is 7.05. The van der Waals surface area contributed by atoms with E-state index in [9.17, 15) is 4.79 Å².